The summed E-state index contributed by atoms with van der Waals surface area (Å²) in [5.41, 5.74) is 8.10. The van der Waals surface area contributed by atoms with Crippen LogP contribution >= 0.6 is 22.6 Å². The van der Waals surface area contributed by atoms with Crippen LogP contribution in [-0.4, -0.2) is 30.0 Å². The summed E-state index contributed by atoms with van der Waals surface area (Å²) in [6.07, 6.45) is -0.260. The zero-order chi connectivity index (χ0) is 24.3. The van der Waals surface area contributed by atoms with Crippen LogP contribution in [0.4, 0.5) is 4.79 Å². The SMILES string of the molecule is NC(=O)[C@@H](Cc1ccc(I)cc1)NC(=O)[C@H](Cc1ccccc1)NC(=O)OCc1ccccc1. The lowest BCUT2D eigenvalue weighted by atomic mass is 10.0. The Morgan fingerprint density at radius 3 is 1.85 bits per heavy atom. The van der Waals surface area contributed by atoms with E-state index in [0.717, 1.165) is 20.3 Å². The summed E-state index contributed by atoms with van der Waals surface area (Å²) in [7, 11) is 0. The first-order valence-electron chi connectivity index (χ1n) is 10.8. The molecule has 3 aromatic rings. The van der Waals surface area contributed by atoms with Gasteiger partial charge in [0.25, 0.3) is 0 Å². The Bertz CT molecular complexity index is 1090. The Labute approximate surface area is 212 Å². The Morgan fingerprint density at radius 1 is 0.735 bits per heavy atom. The van der Waals surface area contributed by atoms with Gasteiger partial charge in [-0.1, -0.05) is 72.8 Å². The second-order valence-corrected chi connectivity index (χ2v) is 8.99. The quantitative estimate of drug-likeness (QED) is 0.325. The smallest absolute Gasteiger partial charge is 0.408 e. The zero-order valence-corrected chi connectivity index (χ0v) is 20.6. The molecule has 176 valence electrons. The first kappa shape index (κ1) is 25.2. The molecule has 0 aromatic heterocycles. The van der Waals surface area contributed by atoms with E-state index in [1.807, 2.05) is 84.9 Å². The van der Waals surface area contributed by atoms with Crippen molar-refractivity contribution in [1.82, 2.24) is 10.6 Å². The fourth-order valence-corrected chi connectivity index (χ4v) is 3.68. The van der Waals surface area contributed by atoms with Crippen molar-refractivity contribution in [3.8, 4) is 0 Å². The van der Waals surface area contributed by atoms with Gasteiger partial charge in [-0.2, -0.15) is 0 Å². The number of ether oxygens (including phenoxy) is 1. The molecule has 34 heavy (non-hydrogen) atoms. The lowest BCUT2D eigenvalue weighted by Crippen LogP contribution is -2.54. The molecule has 0 spiro atoms. The van der Waals surface area contributed by atoms with E-state index in [2.05, 4.69) is 33.2 Å². The third-order valence-electron chi connectivity index (χ3n) is 5.12. The van der Waals surface area contributed by atoms with Crippen LogP contribution in [0, 0.1) is 3.57 Å². The highest BCUT2D eigenvalue weighted by molar-refractivity contribution is 14.1. The second-order valence-electron chi connectivity index (χ2n) is 7.74. The molecule has 0 bridgehead atoms. The van der Waals surface area contributed by atoms with Gasteiger partial charge < -0.3 is 21.1 Å². The minimum absolute atomic E-state index is 0.0725. The van der Waals surface area contributed by atoms with Crippen molar-refractivity contribution in [3.05, 3.63) is 105 Å². The summed E-state index contributed by atoms with van der Waals surface area (Å²) < 4.78 is 6.34. The molecule has 7 nitrogen and oxygen atoms in total. The molecule has 3 amide bonds. The first-order chi connectivity index (χ1) is 16.4. The molecule has 0 radical (unpaired) electrons. The monoisotopic (exact) mass is 571 g/mol. The Hall–Kier alpha value is -3.40. The molecular formula is C26H26IN3O4. The van der Waals surface area contributed by atoms with Gasteiger partial charge in [-0.05, 0) is 51.4 Å². The van der Waals surface area contributed by atoms with E-state index < -0.39 is 30.0 Å². The molecule has 0 aliphatic carbocycles. The predicted molar refractivity (Wildman–Crippen MR) is 138 cm³/mol. The lowest BCUT2D eigenvalue weighted by molar-refractivity contribution is -0.128. The van der Waals surface area contributed by atoms with Crippen molar-refractivity contribution in [1.29, 1.82) is 0 Å². The van der Waals surface area contributed by atoms with E-state index >= 15 is 0 Å². The van der Waals surface area contributed by atoms with E-state index in [0.29, 0.717) is 0 Å². The molecule has 3 rings (SSSR count). The van der Waals surface area contributed by atoms with Crippen molar-refractivity contribution in [3.63, 3.8) is 0 Å². The summed E-state index contributed by atoms with van der Waals surface area (Å²) in [5, 5.41) is 5.32. The summed E-state index contributed by atoms with van der Waals surface area (Å²) >= 11 is 2.19. The number of hydrogen-bond acceptors (Lipinski definition) is 4. The maximum Gasteiger partial charge on any atom is 0.408 e. The molecular weight excluding hydrogens is 545 g/mol. The predicted octanol–water partition coefficient (Wildman–Crippen LogP) is 3.34. The molecule has 0 saturated carbocycles. The highest BCUT2D eigenvalue weighted by Crippen LogP contribution is 2.10. The lowest BCUT2D eigenvalue weighted by Gasteiger charge is -2.22. The standard InChI is InChI=1S/C26H26IN3O4/c27-21-13-11-19(12-14-21)15-22(24(28)31)29-25(32)23(16-18-7-3-1-4-8-18)30-26(33)34-17-20-9-5-2-6-10-20/h1-14,22-23H,15-17H2,(H2,28,31)(H,29,32)(H,30,33)/t22-,23+/m1/s1. The maximum absolute atomic E-state index is 13.1. The fraction of sp³-hybridized carbons (Fsp3) is 0.192. The summed E-state index contributed by atoms with van der Waals surface area (Å²) in [6, 6.07) is 24.2. The van der Waals surface area contributed by atoms with E-state index in [1.165, 1.54) is 0 Å². The molecule has 3 aromatic carbocycles. The third-order valence-corrected chi connectivity index (χ3v) is 5.84. The van der Waals surface area contributed by atoms with Gasteiger partial charge in [0.05, 0.1) is 0 Å². The topological polar surface area (TPSA) is 111 Å². The van der Waals surface area contributed by atoms with E-state index in [4.69, 9.17) is 10.5 Å². The van der Waals surface area contributed by atoms with Gasteiger partial charge in [-0.25, -0.2) is 4.79 Å². The number of nitrogens with one attached hydrogen (secondary N) is 2. The molecule has 0 fully saturated rings. The van der Waals surface area contributed by atoms with Crippen molar-refractivity contribution >= 4 is 40.5 Å². The summed E-state index contributed by atoms with van der Waals surface area (Å²) in [6.45, 7) is 0.0725. The van der Waals surface area contributed by atoms with Crippen molar-refractivity contribution in [2.45, 2.75) is 31.5 Å². The molecule has 0 saturated heterocycles. The van der Waals surface area contributed by atoms with Gasteiger partial charge in [-0.3, -0.25) is 9.59 Å². The molecule has 2 atom stereocenters. The minimum atomic E-state index is -0.954. The molecule has 0 aliphatic rings. The van der Waals surface area contributed by atoms with E-state index in [9.17, 15) is 14.4 Å². The zero-order valence-electron chi connectivity index (χ0n) is 18.4. The van der Waals surface area contributed by atoms with Gasteiger partial charge in [0.2, 0.25) is 11.8 Å². The maximum atomic E-state index is 13.1. The highest BCUT2D eigenvalue weighted by atomic mass is 127. The largest absolute Gasteiger partial charge is 0.445 e. The average molecular weight is 571 g/mol. The number of amides is 3. The van der Waals surface area contributed by atoms with Gasteiger partial charge in [-0.15, -0.1) is 0 Å². The number of alkyl carbamates (subject to hydrolysis) is 1. The average Bonchev–Trinajstić information content (AvgIpc) is 2.84. The highest BCUT2D eigenvalue weighted by Gasteiger charge is 2.26. The van der Waals surface area contributed by atoms with Crippen LogP contribution < -0.4 is 16.4 Å². The van der Waals surface area contributed by atoms with Gasteiger partial charge in [0.1, 0.15) is 18.7 Å². The molecule has 8 heteroatoms. The summed E-state index contributed by atoms with van der Waals surface area (Å²) in [5.74, 6) is -1.17. The van der Waals surface area contributed by atoms with Crippen molar-refractivity contribution < 1.29 is 19.1 Å². The van der Waals surface area contributed by atoms with Crippen molar-refractivity contribution in [2.75, 3.05) is 0 Å². The fourth-order valence-electron chi connectivity index (χ4n) is 3.32. The Morgan fingerprint density at radius 2 is 1.26 bits per heavy atom. The van der Waals surface area contributed by atoms with Crippen LogP contribution in [0.3, 0.4) is 0 Å². The van der Waals surface area contributed by atoms with Gasteiger partial charge >= 0.3 is 6.09 Å². The van der Waals surface area contributed by atoms with E-state index in [1.54, 1.807) is 0 Å². The number of halogens is 1. The molecule has 0 unspecified atom stereocenters. The molecule has 0 heterocycles. The number of carbonyl (C=O) groups is 3. The molecule has 4 N–H and O–H groups in total. The van der Waals surface area contributed by atoms with Gasteiger partial charge in [0, 0.05) is 16.4 Å². The van der Waals surface area contributed by atoms with Crippen LogP contribution in [-0.2, 0) is 33.8 Å². The van der Waals surface area contributed by atoms with Crippen LogP contribution in [0.5, 0.6) is 0 Å². The Balaban J connectivity index is 1.68. The van der Waals surface area contributed by atoms with Crippen LogP contribution in [0.1, 0.15) is 16.7 Å². The number of nitrogens with two attached hydrogens (primary N) is 1. The van der Waals surface area contributed by atoms with Crippen LogP contribution in [0.25, 0.3) is 0 Å². The number of carbonyl (C=O) groups excluding carboxylic acids is 3. The first-order valence-corrected chi connectivity index (χ1v) is 11.8. The third kappa shape index (κ3) is 8.18. The van der Waals surface area contributed by atoms with Crippen LogP contribution in [0.15, 0.2) is 84.9 Å². The normalized spacial score (nSPS) is 12.3. The van der Waals surface area contributed by atoms with Crippen LogP contribution in [0.2, 0.25) is 0 Å². The number of primary amides is 1. The molecule has 0 aliphatic heterocycles. The Kier molecular flexibility index (Phi) is 9.45. The summed E-state index contributed by atoms with van der Waals surface area (Å²) in [4.78, 5) is 37.6. The number of hydrogen-bond donors (Lipinski definition) is 3. The minimum Gasteiger partial charge on any atom is -0.445 e. The number of benzene rings is 3. The second kappa shape index (κ2) is 12.7. The van der Waals surface area contributed by atoms with Crippen molar-refractivity contribution in [2.24, 2.45) is 5.73 Å². The van der Waals surface area contributed by atoms with E-state index in [-0.39, 0.29) is 19.4 Å². The number of rotatable bonds is 10. The van der Waals surface area contributed by atoms with Gasteiger partial charge in [0.15, 0.2) is 0 Å².